The summed E-state index contributed by atoms with van der Waals surface area (Å²) in [5, 5.41) is 9.70. The Morgan fingerprint density at radius 2 is 2.33 bits per heavy atom. The quantitative estimate of drug-likeness (QED) is 0.762. The van der Waals surface area contributed by atoms with E-state index < -0.39 is 0 Å². The molecule has 3 atom stereocenters. The van der Waals surface area contributed by atoms with Crippen LogP contribution in [0.3, 0.4) is 0 Å². The number of fused-ring (bicyclic) bond motifs is 2. The molecule has 0 aromatic carbocycles. The number of ether oxygens (including phenoxy) is 1. The predicted molar refractivity (Wildman–Crippen MR) is 59.8 cm³/mol. The molecule has 1 saturated carbocycles. The number of hydrogen-bond donors (Lipinski definition) is 1. The average Bonchev–Trinajstić information content (AvgIpc) is 2.27. The molecule has 88 valence electrons. The summed E-state index contributed by atoms with van der Waals surface area (Å²) in [5.74, 6) is 0.629. The highest BCUT2D eigenvalue weighted by molar-refractivity contribution is 5.01. The number of piperidine rings is 1. The Morgan fingerprint density at radius 3 is 2.93 bits per heavy atom. The van der Waals surface area contributed by atoms with Crippen molar-refractivity contribution in [1.29, 1.82) is 0 Å². The monoisotopic (exact) mass is 213 g/mol. The van der Waals surface area contributed by atoms with Crippen LogP contribution in [0.5, 0.6) is 0 Å². The normalized spacial score (nSPS) is 41.8. The van der Waals surface area contributed by atoms with Gasteiger partial charge in [-0.3, -0.25) is 0 Å². The van der Waals surface area contributed by atoms with Crippen molar-refractivity contribution in [1.82, 2.24) is 4.90 Å². The molecule has 3 heteroatoms. The second-order valence-corrected chi connectivity index (χ2v) is 5.16. The molecule has 1 heterocycles. The van der Waals surface area contributed by atoms with Crippen molar-refractivity contribution in [3.05, 3.63) is 0 Å². The van der Waals surface area contributed by atoms with Crippen molar-refractivity contribution in [3.8, 4) is 0 Å². The van der Waals surface area contributed by atoms with Gasteiger partial charge < -0.3 is 14.7 Å². The van der Waals surface area contributed by atoms with E-state index in [-0.39, 0.29) is 18.1 Å². The van der Waals surface area contributed by atoms with Crippen molar-refractivity contribution < 1.29 is 9.84 Å². The first-order chi connectivity index (χ1) is 7.25. The number of nitrogens with zero attached hydrogens (tertiary/aromatic N) is 1. The summed E-state index contributed by atoms with van der Waals surface area (Å²) in [5.41, 5.74) is 0.0198. The maximum atomic E-state index is 9.70. The molecule has 1 aliphatic heterocycles. The zero-order chi connectivity index (χ0) is 10.9. The molecule has 2 rings (SSSR count). The molecule has 3 nitrogen and oxygen atoms in total. The summed E-state index contributed by atoms with van der Waals surface area (Å²) in [6.45, 7) is 5.73. The van der Waals surface area contributed by atoms with E-state index in [4.69, 9.17) is 4.74 Å². The fourth-order valence-electron chi connectivity index (χ4n) is 3.61. The van der Waals surface area contributed by atoms with Gasteiger partial charge in [0.2, 0.25) is 0 Å². The van der Waals surface area contributed by atoms with Crippen LogP contribution in [0.2, 0.25) is 0 Å². The first-order valence-corrected chi connectivity index (χ1v) is 6.12. The van der Waals surface area contributed by atoms with Gasteiger partial charge in [0, 0.05) is 25.6 Å². The minimum Gasteiger partial charge on any atom is -0.396 e. The molecule has 1 saturated heterocycles. The lowest BCUT2D eigenvalue weighted by Crippen LogP contribution is -2.60. The van der Waals surface area contributed by atoms with Crippen LogP contribution in [0, 0.1) is 11.3 Å². The van der Waals surface area contributed by atoms with Crippen molar-refractivity contribution in [2.75, 3.05) is 33.4 Å². The summed E-state index contributed by atoms with van der Waals surface area (Å²) in [6.07, 6.45) is 3.91. The van der Waals surface area contributed by atoms with Crippen LogP contribution in [0.1, 0.15) is 26.2 Å². The van der Waals surface area contributed by atoms with E-state index in [1.54, 1.807) is 7.11 Å². The van der Waals surface area contributed by atoms with Crippen LogP contribution >= 0.6 is 0 Å². The average molecular weight is 213 g/mol. The van der Waals surface area contributed by atoms with Crippen LogP contribution < -0.4 is 0 Å². The Labute approximate surface area is 92.4 Å². The fourth-order valence-corrected chi connectivity index (χ4v) is 3.61. The molecule has 1 aliphatic carbocycles. The summed E-state index contributed by atoms with van der Waals surface area (Å²) >= 11 is 0. The van der Waals surface area contributed by atoms with E-state index in [0.29, 0.717) is 5.92 Å². The van der Waals surface area contributed by atoms with Crippen LogP contribution in [0.15, 0.2) is 0 Å². The maximum absolute atomic E-state index is 9.70. The third-order valence-corrected chi connectivity index (χ3v) is 4.33. The highest BCUT2D eigenvalue weighted by Crippen LogP contribution is 2.45. The zero-order valence-corrected chi connectivity index (χ0v) is 9.91. The third kappa shape index (κ3) is 1.81. The molecule has 0 aromatic heterocycles. The maximum Gasteiger partial charge on any atom is 0.0702 e. The molecule has 2 fully saturated rings. The lowest BCUT2D eigenvalue weighted by molar-refractivity contribution is -0.148. The highest BCUT2D eigenvalue weighted by atomic mass is 16.5. The predicted octanol–water partition coefficient (Wildman–Crippen LogP) is 1.12. The molecule has 0 aromatic rings. The van der Waals surface area contributed by atoms with Crippen LogP contribution in [-0.4, -0.2) is 49.5 Å². The Balaban J connectivity index is 2.20. The van der Waals surface area contributed by atoms with E-state index in [1.165, 1.54) is 12.8 Å². The molecule has 0 spiro atoms. The summed E-state index contributed by atoms with van der Waals surface area (Å²) in [4.78, 5) is 2.47. The lowest BCUT2D eigenvalue weighted by atomic mass is 9.64. The first-order valence-electron chi connectivity index (χ1n) is 6.12. The van der Waals surface area contributed by atoms with E-state index in [9.17, 15) is 5.11 Å². The van der Waals surface area contributed by atoms with E-state index in [2.05, 4.69) is 11.8 Å². The Bertz CT molecular complexity index is 222. The van der Waals surface area contributed by atoms with Crippen molar-refractivity contribution in [2.45, 2.75) is 32.3 Å². The molecule has 3 unspecified atom stereocenters. The zero-order valence-electron chi connectivity index (χ0n) is 9.91. The van der Waals surface area contributed by atoms with Gasteiger partial charge in [0.05, 0.1) is 12.7 Å². The summed E-state index contributed by atoms with van der Waals surface area (Å²) in [7, 11) is 1.80. The Hall–Kier alpha value is -0.120. The first kappa shape index (κ1) is 11.4. The van der Waals surface area contributed by atoms with Crippen LogP contribution in [0.25, 0.3) is 0 Å². The second kappa shape index (κ2) is 4.40. The van der Waals surface area contributed by atoms with Gasteiger partial charge in [0.1, 0.15) is 0 Å². The minimum atomic E-state index is 0.0198. The van der Waals surface area contributed by atoms with Crippen LogP contribution in [0.4, 0.5) is 0 Å². The molecule has 2 bridgehead atoms. The summed E-state index contributed by atoms with van der Waals surface area (Å²) in [6, 6.07) is 0. The molecule has 15 heavy (non-hydrogen) atoms. The molecule has 1 N–H and O–H groups in total. The number of hydrogen-bond acceptors (Lipinski definition) is 3. The SMILES string of the molecule is CCN1CC2CCCC(CO)(C1)C2OC. The van der Waals surface area contributed by atoms with Crippen LogP contribution in [-0.2, 0) is 4.74 Å². The number of methoxy groups -OCH3 is 1. The van der Waals surface area contributed by atoms with Gasteiger partial charge >= 0.3 is 0 Å². The van der Waals surface area contributed by atoms with Gasteiger partial charge in [-0.2, -0.15) is 0 Å². The summed E-state index contributed by atoms with van der Waals surface area (Å²) < 4.78 is 5.66. The standard InChI is InChI=1S/C12H23NO2/c1-3-13-7-10-5-4-6-12(8-13,9-14)11(10)15-2/h10-11,14H,3-9H2,1-2H3. The van der Waals surface area contributed by atoms with Gasteiger partial charge in [-0.15, -0.1) is 0 Å². The lowest BCUT2D eigenvalue weighted by Gasteiger charge is -2.53. The molecule has 2 aliphatic rings. The minimum absolute atomic E-state index is 0.0198. The van der Waals surface area contributed by atoms with E-state index >= 15 is 0 Å². The van der Waals surface area contributed by atoms with Gasteiger partial charge in [-0.25, -0.2) is 0 Å². The van der Waals surface area contributed by atoms with Crippen molar-refractivity contribution >= 4 is 0 Å². The Morgan fingerprint density at radius 1 is 1.53 bits per heavy atom. The highest BCUT2D eigenvalue weighted by Gasteiger charge is 2.50. The van der Waals surface area contributed by atoms with Gasteiger partial charge in [-0.05, 0) is 25.3 Å². The third-order valence-electron chi connectivity index (χ3n) is 4.33. The van der Waals surface area contributed by atoms with E-state index in [0.717, 1.165) is 26.1 Å². The van der Waals surface area contributed by atoms with Gasteiger partial charge in [-0.1, -0.05) is 13.3 Å². The largest absolute Gasteiger partial charge is 0.396 e. The van der Waals surface area contributed by atoms with E-state index in [1.807, 2.05) is 0 Å². The van der Waals surface area contributed by atoms with Crippen molar-refractivity contribution in [2.24, 2.45) is 11.3 Å². The Kier molecular flexibility index (Phi) is 3.33. The molecule has 0 amide bonds. The fraction of sp³-hybridized carbons (Fsp3) is 1.00. The van der Waals surface area contributed by atoms with Gasteiger partial charge in [0.25, 0.3) is 0 Å². The smallest absolute Gasteiger partial charge is 0.0702 e. The number of aliphatic hydroxyl groups excluding tert-OH is 1. The molecule has 0 radical (unpaired) electrons. The van der Waals surface area contributed by atoms with Gasteiger partial charge in [0.15, 0.2) is 0 Å². The second-order valence-electron chi connectivity index (χ2n) is 5.16. The molecular weight excluding hydrogens is 190 g/mol. The number of rotatable bonds is 3. The molecular formula is C12H23NO2. The number of likely N-dealkylation sites (tertiary alicyclic amines) is 1. The number of aliphatic hydroxyl groups is 1. The topological polar surface area (TPSA) is 32.7 Å². The van der Waals surface area contributed by atoms with Crippen molar-refractivity contribution in [3.63, 3.8) is 0 Å².